The predicted octanol–water partition coefficient (Wildman–Crippen LogP) is 1.27. The van der Waals surface area contributed by atoms with Gasteiger partial charge in [-0.1, -0.05) is 6.42 Å². The van der Waals surface area contributed by atoms with Gasteiger partial charge in [-0.05, 0) is 31.2 Å². The van der Waals surface area contributed by atoms with Crippen LogP contribution in [-0.2, 0) is 17.5 Å². The van der Waals surface area contributed by atoms with Gasteiger partial charge in [-0.2, -0.15) is 18.3 Å². The molecule has 1 heterocycles. The van der Waals surface area contributed by atoms with Crippen molar-refractivity contribution in [3.63, 3.8) is 0 Å². The van der Waals surface area contributed by atoms with Crippen LogP contribution in [0.15, 0.2) is 12.3 Å². The van der Waals surface area contributed by atoms with Crippen LogP contribution < -0.4 is 11.5 Å². The lowest BCUT2D eigenvalue weighted by atomic mass is 9.85. The molecule has 1 amide bonds. The molecule has 0 bridgehead atoms. The van der Waals surface area contributed by atoms with Crippen molar-refractivity contribution in [1.29, 1.82) is 0 Å². The highest BCUT2D eigenvalue weighted by atomic mass is 19.4. The van der Waals surface area contributed by atoms with Crippen LogP contribution in [0.3, 0.4) is 0 Å². The van der Waals surface area contributed by atoms with E-state index in [1.54, 1.807) is 0 Å². The van der Waals surface area contributed by atoms with Crippen molar-refractivity contribution >= 4 is 5.91 Å². The van der Waals surface area contributed by atoms with E-state index in [2.05, 4.69) is 5.10 Å². The van der Waals surface area contributed by atoms with Gasteiger partial charge in [0.25, 0.3) is 0 Å². The largest absolute Gasteiger partial charge is 0.435 e. The summed E-state index contributed by atoms with van der Waals surface area (Å²) in [5.41, 5.74) is 9.36. The van der Waals surface area contributed by atoms with E-state index in [9.17, 15) is 18.0 Å². The molecular weight excluding hydrogens is 273 g/mol. The molecule has 0 aromatic carbocycles. The van der Waals surface area contributed by atoms with Gasteiger partial charge in [-0.15, -0.1) is 0 Å². The molecule has 1 aliphatic rings. The van der Waals surface area contributed by atoms with Gasteiger partial charge >= 0.3 is 6.18 Å². The maximum Gasteiger partial charge on any atom is 0.435 e. The lowest BCUT2D eigenvalue weighted by Crippen LogP contribution is -2.54. The number of amides is 1. The maximum absolute atomic E-state index is 12.4. The lowest BCUT2D eigenvalue weighted by Gasteiger charge is -2.27. The fourth-order valence-corrected chi connectivity index (χ4v) is 2.75. The van der Waals surface area contributed by atoms with E-state index in [1.165, 1.54) is 10.9 Å². The number of halogens is 3. The zero-order valence-electron chi connectivity index (χ0n) is 10.9. The number of aryl methyl sites for hydroxylation is 1. The molecule has 0 radical (unpaired) electrons. The van der Waals surface area contributed by atoms with Gasteiger partial charge < -0.3 is 11.5 Å². The molecular formula is C12H17F3N4O. The van der Waals surface area contributed by atoms with Crippen molar-refractivity contribution in [1.82, 2.24) is 9.78 Å². The van der Waals surface area contributed by atoms with Crippen LogP contribution in [0.25, 0.3) is 0 Å². The smallest absolute Gasteiger partial charge is 0.368 e. The Morgan fingerprint density at radius 1 is 1.55 bits per heavy atom. The number of primary amides is 1. The van der Waals surface area contributed by atoms with Crippen molar-refractivity contribution in [2.75, 3.05) is 0 Å². The van der Waals surface area contributed by atoms with Crippen molar-refractivity contribution in [2.24, 2.45) is 17.4 Å². The highest BCUT2D eigenvalue weighted by Gasteiger charge is 2.44. The quantitative estimate of drug-likeness (QED) is 0.875. The van der Waals surface area contributed by atoms with Crippen LogP contribution in [0.4, 0.5) is 13.2 Å². The normalized spacial score (nSPS) is 26.9. The summed E-state index contributed by atoms with van der Waals surface area (Å²) in [6, 6.07) is 0.929. The minimum absolute atomic E-state index is 0.112. The van der Waals surface area contributed by atoms with E-state index in [1.807, 2.05) is 0 Å². The fourth-order valence-electron chi connectivity index (χ4n) is 2.75. The standard InChI is InChI=1S/C12H17F3N4O/c13-12(14,15)9-4-7-19(18-9)6-3-8-2-1-5-11(8,17)10(16)20/h4,7-8H,1-3,5-6,17H2,(H2,16,20). The number of rotatable bonds is 4. The SMILES string of the molecule is NC(=O)C1(N)CCCC1CCn1ccc(C(F)(F)F)n1. The van der Waals surface area contributed by atoms with Crippen LogP contribution in [0.2, 0.25) is 0 Å². The van der Waals surface area contributed by atoms with Gasteiger partial charge in [0.15, 0.2) is 5.69 Å². The number of carbonyl (C=O) groups excluding carboxylic acids is 1. The first-order valence-corrected chi connectivity index (χ1v) is 6.43. The molecule has 1 aromatic rings. The Bertz CT molecular complexity index is 499. The first kappa shape index (κ1) is 14.8. The summed E-state index contributed by atoms with van der Waals surface area (Å²) in [6.45, 7) is 0.285. The zero-order valence-corrected chi connectivity index (χ0v) is 10.9. The molecule has 0 spiro atoms. The Kier molecular flexibility index (Phi) is 3.77. The minimum atomic E-state index is -4.44. The fraction of sp³-hybridized carbons (Fsp3) is 0.667. The van der Waals surface area contributed by atoms with Gasteiger partial charge in [-0.3, -0.25) is 9.48 Å². The molecule has 2 unspecified atom stereocenters. The molecule has 2 rings (SSSR count). The molecule has 1 saturated carbocycles. The molecule has 4 N–H and O–H groups in total. The van der Waals surface area contributed by atoms with E-state index in [0.717, 1.165) is 18.9 Å². The molecule has 1 fully saturated rings. The lowest BCUT2D eigenvalue weighted by molar-refractivity contribution is -0.141. The van der Waals surface area contributed by atoms with Crippen molar-refractivity contribution in [3.8, 4) is 0 Å². The molecule has 2 atom stereocenters. The average molecular weight is 290 g/mol. The molecule has 0 aliphatic heterocycles. The summed E-state index contributed by atoms with van der Waals surface area (Å²) in [6.07, 6.45) is -0.591. The highest BCUT2D eigenvalue weighted by molar-refractivity contribution is 5.85. The van der Waals surface area contributed by atoms with Crippen LogP contribution in [0.5, 0.6) is 0 Å². The van der Waals surface area contributed by atoms with Gasteiger partial charge in [0.05, 0.1) is 5.54 Å². The van der Waals surface area contributed by atoms with Gasteiger partial charge in [-0.25, -0.2) is 0 Å². The third-order valence-electron chi connectivity index (χ3n) is 3.97. The summed E-state index contributed by atoms with van der Waals surface area (Å²) in [5, 5.41) is 3.47. The molecule has 0 saturated heterocycles. The van der Waals surface area contributed by atoms with Crippen LogP contribution in [-0.4, -0.2) is 21.2 Å². The van der Waals surface area contributed by atoms with E-state index >= 15 is 0 Å². The van der Waals surface area contributed by atoms with Gasteiger partial charge in [0.2, 0.25) is 5.91 Å². The Balaban J connectivity index is 1.99. The summed E-state index contributed by atoms with van der Waals surface area (Å²) >= 11 is 0. The first-order chi connectivity index (χ1) is 9.23. The molecule has 1 aromatic heterocycles. The van der Waals surface area contributed by atoms with E-state index in [0.29, 0.717) is 12.8 Å². The number of nitrogens with zero attached hydrogens (tertiary/aromatic N) is 2. The third-order valence-corrected chi connectivity index (χ3v) is 3.97. The van der Waals surface area contributed by atoms with E-state index in [4.69, 9.17) is 11.5 Å². The minimum Gasteiger partial charge on any atom is -0.368 e. The molecule has 5 nitrogen and oxygen atoms in total. The number of aromatic nitrogens is 2. The summed E-state index contributed by atoms with van der Waals surface area (Å²) < 4.78 is 38.5. The third kappa shape index (κ3) is 2.79. The second-order valence-corrected chi connectivity index (χ2v) is 5.24. The highest BCUT2D eigenvalue weighted by Crippen LogP contribution is 2.36. The maximum atomic E-state index is 12.4. The summed E-state index contributed by atoms with van der Waals surface area (Å²) in [7, 11) is 0. The molecule has 20 heavy (non-hydrogen) atoms. The van der Waals surface area contributed by atoms with Crippen LogP contribution in [0.1, 0.15) is 31.4 Å². The van der Waals surface area contributed by atoms with E-state index < -0.39 is 23.3 Å². The van der Waals surface area contributed by atoms with Crippen molar-refractivity contribution in [3.05, 3.63) is 18.0 Å². The number of carbonyl (C=O) groups is 1. The Hall–Kier alpha value is -1.57. The second-order valence-electron chi connectivity index (χ2n) is 5.24. The van der Waals surface area contributed by atoms with Gasteiger partial charge in [0, 0.05) is 12.7 Å². The average Bonchev–Trinajstić information content (AvgIpc) is 2.93. The van der Waals surface area contributed by atoms with Crippen LogP contribution >= 0.6 is 0 Å². The van der Waals surface area contributed by atoms with Crippen molar-refractivity contribution < 1.29 is 18.0 Å². The first-order valence-electron chi connectivity index (χ1n) is 6.43. The second kappa shape index (κ2) is 5.08. The Labute approximate surface area is 114 Å². The summed E-state index contributed by atoms with van der Waals surface area (Å²) in [4.78, 5) is 11.4. The van der Waals surface area contributed by atoms with E-state index in [-0.39, 0.29) is 12.5 Å². The number of hydrogen-bond acceptors (Lipinski definition) is 3. The Morgan fingerprint density at radius 2 is 2.25 bits per heavy atom. The van der Waals surface area contributed by atoms with Gasteiger partial charge in [0.1, 0.15) is 0 Å². The zero-order chi connectivity index (χ0) is 15.0. The number of alkyl halides is 3. The molecule has 1 aliphatic carbocycles. The summed E-state index contributed by atoms with van der Waals surface area (Å²) in [5.74, 6) is -0.657. The monoisotopic (exact) mass is 290 g/mol. The molecule has 8 heteroatoms. The Morgan fingerprint density at radius 3 is 2.80 bits per heavy atom. The number of nitrogens with two attached hydrogens (primary N) is 2. The molecule has 112 valence electrons. The topological polar surface area (TPSA) is 86.9 Å². The number of hydrogen-bond donors (Lipinski definition) is 2. The van der Waals surface area contributed by atoms with Crippen LogP contribution in [0, 0.1) is 5.92 Å². The van der Waals surface area contributed by atoms with Crippen molar-refractivity contribution in [2.45, 2.75) is 43.9 Å². The predicted molar refractivity (Wildman–Crippen MR) is 65.3 cm³/mol.